The van der Waals surface area contributed by atoms with Crippen LogP contribution in [0.15, 0.2) is 18.2 Å². The minimum atomic E-state index is -0.830. The van der Waals surface area contributed by atoms with Crippen molar-refractivity contribution in [2.45, 2.75) is 19.8 Å². The number of hydrogen-bond acceptors (Lipinski definition) is 3. The van der Waals surface area contributed by atoms with Crippen LogP contribution >= 0.6 is 0 Å². The van der Waals surface area contributed by atoms with Crippen LogP contribution in [0.3, 0.4) is 0 Å². The van der Waals surface area contributed by atoms with Crippen molar-refractivity contribution in [1.29, 1.82) is 0 Å². The Bertz CT molecular complexity index is 493. The molecule has 0 radical (unpaired) electrons. The summed E-state index contributed by atoms with van der Waals surface area (Å²) in [6.45, 7) is 3.40. The maximum atomic E-state index is 13.2. The zero-order chi connectivity index (χ0) is 14.7. The zero-order valence-electron chi connectivity index (χ0n) is 11.7. The van der Waals surface area contributed by atoms with E-state index in [2.05, 4.69) is 0 Å². The van der Waals surface area contributed by atoms with E-state index in [4.69, 9.17) is 4.74 Å². The lowest BCUT2D eigenvalue weighted by molar-refractivity contribution is -0.145. The number of anilines is 1. The Balaban J connectivity index is 1.95. The van der Waals surface area contributed by atoms with Gasteiger partial charge in [0.15, 0.2) is 11.6 Å². The lowest BCUT2D eigenvalue weighted by Gasteiger charge is -2.19. The van der Waals surface area contributed by atoms with Crippen LogP contribution in [0.25, 0.3) is 0 Å². The monoisotopic (exact) mass is 283 g/mol. The minimum Gasteiger partial charge on any atom is -0.469 e. The van der Waals surface area contributed by atoms with Gasteiger partial charge in [-0.15, -0.1) is 0 Å². The summed E-state index contributed by atoms with van der Waals surface area (Å²) in [7, 11) is 1.39. The van der Waals surface area contributed by atoms with Crippen molar-refractivity contribution in [3.05, 3.63) is 29.8 Å². The number of methoxy groups -OCH3 is 1. The second-order valence-electron chi connectivity index (χ2n) is 5.36. The van der Waals surface area contributed by atoms with Gasteiger partial charge in [0.2, 0.25) is 0 Å². The Morgan fingerprint density at radius 1 is 1.45 bits per heavy atom. The smallest absolute Gasteiger partial charge is 0.308 e. The maximum Gasteiger partial charge on any atom is 0.308 e. The highest BCUT2D eigenvalue weighted by molar-refractivity contribution is 5.71. The van der Waals surface area contributed by atoms with Crippen LogP contribution in [-0.2, 0) is 9.53 Å². The molecule has 0 N–H and O–H groups in total. The van der Waals surface area contributed by atoms with E-state index < -0.39 is 11.6 Å². The fourth-order valence-electron chi connectivity index (χ4n) is 2.74. The van der Waals surface area contributed by atoms with Crippen LogP contribution in [0.1, 0.15) is 19.8 Å². The molecule has 3 nitrogen and oxygen atoms in total. The summed E-state index contributed by atoms with van der Waals surface area (Å²) in [5, 5.41) is 0. The SMILES string of the molecule is COC(=O)C(C)CC1CCN(c2ccc(F)c(F)c2)C1. The highest BCUT2D eigenvalue weighted by Gasteiger charge is 2.27. The van der Waals surface area contributed by atoms with Crippen molar-refractivity contribution in [3.63, 3.8) is 0 Å². The third-order valence-electron chi connectivity index (χ3n) is 3.84. The average Bonchev–Trinajstić information content (AvgIpc) is 2.89. The summed E-state index contributed by atoms with van der Waals surface area (Å²) in [4.78, 5) is 13.4. The molecular formula is C15H19F2NO2. The molecule has 2 atom stereocenters. The number of carbonyl (C=O) groups excluding carboxylic acids is 1. The number of hydrogen-bond donors (Lipinski definition) is 0. The molecule has 110 valence electrons. The van der Waals surface area contributed by atoms with E-state index in [1.807, 2.05) is 11.8 Å². The first kappa shape index (κ1) is 14.8. The third-order valence-corrected chi connectivity index (χ3v) is 3.84. The van der Waals surface area contributed by atoms with Gasteiger partial charge in [-0.25, -0.2) is 8.78 Å². The van der Waals surface area contributed by atoms with Gasteiger partial charge in [0.1, 0.15) is 0 Å². The highest BCUT2D eigenvalue weighted by Crippen LogP contribution is 2.29. The van der Waals surface area contributed by atoms with Gasteiger partial charge in [-0.2, -0.15) is 0 Å². The second-order valence-corrected chi connectivity index (χ2v) is 5.36. The predicted octanol–water partition coefficient (Wildman–Crippen LogP) is 2.99. The number of carbonyl (C=O) groups is 1. The Morgan fingerprint density at radius 3 is 2.85 bits per heavy atom. The van der Waals surface area contributed by atoms with Gasteiger partial charge in [-0.3, -0.25) is 4.79 Å². The van der Waals surface area contributed by atoms with Crippen LogP contribution in [0.5, 0.6) is 0 Å². The van der Waals surface area contributed by atoms with Gasteiger partial charge in [-0.05, 0) is 30.9 Å². The fourth-order valence-corrected chi connectivity index (χ4v) is 2.74. The first-order chi connectivity index (χ1) is 9.51. The first-order valence-corrected chi connectivity index (χ1v) is 6.79. The fraction of sp³-hybridized carbons (Fsp3) is 0.533. The molecule has 0 spiro atoms. The Morgan fingerprint density at radius 2 is 2.20 bits per heavy atom. The largest absolute Gasteiger partial charge is 0.469 e. The highest BCUT2D eigenvalue weighted by atomic mass is 19.2. The zero-order valence-corrected chi connectivity index (χ0v) is 11.7. The summed E-state index contributed by atoms with van der Waals surface area (Å²) < 4.78 is 30.9. The molecule has 5 heteroatoms. The normalized spacial score (nSPS) is 20.0. The van der Waals surface area contributed by atoms with Crippen LogP contribution in [0, 0.1) is 23.5 Å². The van der Waals surface area contributed by atoms with Crippen LogP contribution in [0.4, 0.5) is 14.5 Å². The van der Waals surface area contributed by atoms with Crippen molar-refractivity contribution in [2.75, 3.05) is 25.1 Å². The van der Waals surface area contributed by atoms with Gasteiger partial charge in [0, 0.05) is 24.8 Å². The molecule has 0 bridgehead atoms. The molecule has 0 aliphatic carbocycles. The molecule has 2 unspecified atom stereocenters. The van der Waals surface area contributed by atoms with Crippen molar-refractivity contribution in [2.24, 2.45) is 11.8 Å². The number of nitrogens with zero attached hydrogens (tertiary/aromatic N) is 1. The molecule has 1 fully saturated rings. The summed E-state index contributed by atoms with van der Waals surface area (Å²) in [5.41, 5.74) is 0.692. The van der Waals surface area contributed by atoms with Crippen molar-refractivity contribution in [3.8, 4) is 0 Å². The summed E-state index contributed by atoms with van der Waals surface area (Å²) in [6, 6.07) is 3.96. The maximum absolute atomic E-state index is 13.2. The molecule has 20 heavy (non-hydrogen) atoms. The standard InChI is InChI=1S/C15H19F2NO2/c1-10(15(19)20-2)7-11-5-6-18(9-11)12-3-4-13(16)14(17)8-12/h3-4,8,10-11H,5-7,9H2,1-2H3. The van der Waals surface area contributed by atoms with E-state index in [1.54, 1.807) is 6.07 Å². The van der Waals surface area contributed by atoms with Crippen LogP contribution in [0.2, 0.25) is 0 Å². The van der Waals surface area contributed by atoms with Crippen molar-refractivity contribution < 1.29 is 18.3 Å². The second kappa shape index (κ2) is 6.20. The Labute approximate surface area is 117 Å². The molecule has 0 saturated carbocycles. The van der Waals surface area contributed by atoms with Crippen LogP contribution < -0.4 is 4.90 Å². The quantitative estimate of drug-likeness (QED) is 0.796. The van der Waals surface area contributed by atoms with Gasteiger partial charge in [-0.1, -0.05) is 6.92 Å². The van der Waals surface area contributed by atoms with Gasteiger partial charge >= 0.3 is 5.97 Å². The molecule has 1 aliphatic heterocycles. The molecular weight excluding hydrogens is 264 g/mol. The molecule has 0 aromatic heterocycles. The molecule has 0 amide bonds. The number of ether oxygens (including phenoxy) is 1. The molecule has 1 aromatic rings. The van der Waals surface area contributed by atoms with E-state index in [-0.39, 0.29) is 11.9 Å². The number of esters is 1. The van der Waals surface area contributed by atoms with Gasteiger partial charge < -0.3 is 9.64 Å². The van der Waals surface area contributed by atoms with Gasteiger partial charge in [0.05, 0.1) is 13.0 Å². The van der Waals surface area contributed by atoms with Crippen molar-refractivity contribution in [1.82, 2.24) is 0 Å². The minimum absolute atomic E-state index is 0.130. The van der Waals surface area contributed by atoms with E-state index >= 15 is 0 Å². The van der Waals surface area contributed by atoms with E-state index in [0.29, 0.717) is 11.6 Å². The average molecular weight is 283 g/mol. The van der Waals surface area contributed by atoms with Gasteiger partial charge in [0.25, 0.3) is 0 Å². The summed E-state index contributed by atoms with van der Waals surface area (Å²) in [6.07, 6.45) is 1.70. The Hall–Kier alpha value is -1.65. The summed E-state index contributed by atoms with van der Waals surface area (Å²) >= 11 is 0. The van der Waals surface area contributed by atoms with E-state index in [0.717, 1.165) is 32.0 Å². The lowest BCUT2D eigenvalue weighted by Crippen LogP contribution is -2.22. The summed E-state index contributed by atoms with van der Waals surface area (Å²) in [5.74, 6) is -1.61. The molecule has 2 rings (SSSR count). The number of benzene rings is 1. The number of rotatable bonds is 4. The first-order valence-electron chi connectivity index (χ1n) is 6.79. The number of halogens is 2. The Kier molecular flexibility index (Phi) is 4.57. The molecule has 1 saturated heterocycles. The topological polar surface area (TPSA) is 29.5 Å². The molecule has 1 heterocycles. The van der Waals surface area contributed by atoms with Crippen molar-refractivity contribution >= 4 is 11.7 Å². The van der Waals surface area contributed by atoms with E-state index in [9.17, 15) is 13.6 Å². The molecule has 1 aromatic carbocycles. The predicted molar refractivity (Wildman–Crippen MR) is 72.5 cm³/mol. The van der Waals surface area contributed by atoms with Crippen LogP contribution in [-0.4, -0.2) is 26.2 Å². The van der Waals surface area contributed by atoms with E-state index in [1.165, 1.54) is 13.2 Å². The molecule has 1 aliphatic rings. The third kappa shape index (κ3) is 3.26. The lowest BCUT2D eigenvalue weighted by atomic mass is 9.95.